The highest BCUT2D eigenvalue weighted by molar-refractivity contribution is 6.29. The second kappa shape index (κ2) is 7.01. The molecule has 3 rings (SSSR count). The normalized spacial score (nSPS) is 12.6. The summed E-state index contributed by atoms with van der Waals surface area (Å²) in [7, 11) is 1.49. The Morgan fingerprint density at radius 1 is 1.39 bits per heavy atom. The molecule has 2 N–H and O–H groups in total. The van der Waals surface area contributed by atoms with Crippen molar-refractivity contribution < 1.29 is 18.0 Å². The molecule has 1 unspecified atom stereocenters. The van der Waals surface area contributed by atoms with Crippen molar-refractivity contribution in [2.45, 2.75) is 19.0 Å². The zero-order valence-corrected chi connectivity index (χ0v) is 15.2. The molecule has 0 bridgehead atoms. The molecule has 0 aromatic carbocycles. The van der Waals surface area contributed by atoms with Crippen LogP contribution in [0.1, 0.15) is 24.1 Å². The quantitative estimate of drug-likeness (QED) is 0.685. The van der Waals surface area contributed by atoms with Gasteiger partial charge in [-0.2, -0.15) is 28.6 Å². The maximum Gasteiger partial charge on any atom is 0.395 e. The standard InChI is InChI=1S/C15H12ClF3N8O/c1-7(15(17,18)19)12-9(5-21-27-6-10(16)23-13(12)27)22-14(28)24-11-3-8(4-20)25-26(11)2/h3,5-7H,1-2H3,(H2,22,24,28). The van der Waals surface area contributed by atoms with Gasteiger partial charge in [-0.1, -0.05) is 11.6 Å². The molecule has 1 atom stereocenters. The summed E-state index contributed by atoms with van der Waals surface area (Å²) in [5, 5.41) is 21.3. The number of halogens is 4. The van der Waals surface area contributed by atoms with E-state index in [4.69, 9.17) is 16.9 Å². The van der Waals surface area contributed by atoms with Gasteiger partial charge in [0, 0.05) is 18.7 Å². The van der Waals surface area contributed by atoms with Crippen LogP contribution in [0.15, 0.2) is 18.5 Å². The lowest BCUT2D eigenvalue weighted by molar-refractivity contribution is -0.146. The van der Waals surface area contributed by atoms with Crippen LogP contribution in [0.2, 0.25) is 5.15 Å². The van der Waals surface area contributed by atoms with Gasteiger partial charge in [-0.05, 0) is 6.92 Å². The Kier molecular flexibility index (Phi) is 4.86. The van der Waals surface area contributed by atoms with Gasteiger partial charge in [0.05, 0.1) is 24.0 Å². The fourth-order valence-electron chi connectivity index (χ4n) is 2.52. The van der Waals surface area contributed by atoms with E-state index in [1.54, 1.807) is 0 Å². The van der Waals surface area contributed by atoms with Crippen LogP contribution in [0, 0.1) is 11.3 Å². The topological polar surface area (TPSA) is 113 Å². The SMILES string of the molecule is CC(c1c(NC(=O)Nc2cc(C#N)nn2C)cnn2cc(Cl)nc12)C(F)(F)F. The van der Waals surface area contributed by atoms with Gasteiger partial charge in [-0.3, -0.25) is 10.00 Å². The second-order valence-electron chi connectivity index (χ2n) is 5.80. The number of hydrogen-bond acceptors (Lipinski definition) is 5. The van der Waals surface area contributed by atoms with Crippen LogP contribution in [0.4, 0.5) is 29.5 Å². The largest absolute Gasteiger partial charge is 0.395 e. The average Bonchev–Trinajstić information content (AvgIpc) is 3.15. The van der Waals surface area contributed by atoms with Crippen molar-refractivity contribution in [2.75, 3.05) is 10.6 Å². The minimum atomic E-state index is -4.59. The fraction of sp³-hybridized carbons (Fsp3) is 0.267. The number of rotatable bonds is 3. The number of imidazole rings is 1. The number of nitriles is 1. The summed E-state index contributed by atoms with van der Waals surface area (Å²) in [6.07, 6.45) is -2.25. The van der Waals surface area contributed by atoms with Gasteiger partial charge in [0.2, 0.25) is 0 Å². The van der Waals surface area contributed by atoms with Crippen LogP contribution in [0.25, 0.3) is 5.65 Å². The third kappa shape index (κ3) is 3.70. The molecule has 0 aliphatic rings. The summed E-state index contributed by atoms with van der Waals surface area (Å²) in [6, 6.07) is 2.29. The van der Waals surface area contributed by atoms with E-state index in [-0.39, 0.29) is 33.6 Å². The first kappa shape index (κ1) is 19.4. The first-order valence-corrected chi connectivity index (χ1v) is 8.10. The minimum Gasteiger partial charge on any atom is -0.306 e. The lowest BCUT2D eigenvalue weighted by Crippen LogP contribution is -2.25. The van der Waals surface area contributed by atoms with Crippen LogP contribution in [-0.4, -0.2) is 36.6 Å². The number of alkyl halides is 3. The zero-order valence-electron chi connectivity index (χ0n) is 14.4. The van der Waals surface area contributed by atoms with Crippen LogP contribution in [-0.2, 0) is 7.05 Å². The van der Waals surface area contributed by atoms with E-state index >= 15 is 0 Å². The van der Waals surface area contributed by atoms with Gasteiger partial charge >= 0.3 is 12.2 Å². The van der Waals surface area contributed by atoms with E-state index < -0.39 is 18.1 Å². The molecule has 0 aliphatic carbocycles. The zero-order chi connectivity index (χ0) is 20.6. The molecule has 28 heavy (non-hydrogen) atoms. The summed E-state index contributed by atoms with van der Waals surface area (Å²) in [6.45, 7) is 0.946. The Bertz CT molecular complexity index is 1100. The molecule has 3 aromatic rings. The highest BCUT2D eigenvalue weighted by atomic mass is 35.5. The van der Waals surface area contributed by atoms with Crippen molar-refractivity contribution in [2.24, 2.45) is 7.05 Å². The van der Waals surface area contributed by atoms with Crippen molar-refractivity contribution in [3.8, 4) is 6.07 Å². The van der Waals surface area contributed by atoms with E-state index in [1.165, 1.54) is 24.0 Å². The van der Waals surface area contributed by atoms with E-state index in [0.717, 1.165) is 17.6 Å². The Morgan fingerprint density at radius 2 is 2.11 bits per heavy atom. The Morgan fingerprint density at radius 3 is 2.71 bits per heavy atom. The Hall–Kier alpha value is -3.33. The number of hydrogen-bond donors (Lipinski definition) is 2. The first-order chi connectivity index (χ1) is 13.1. The van der Waals surface area contributed by atoms with Crippen LogP contribution >= 0.6 is 11.6 Å². The summed E-state index contributed by atoms with van der Waals surface area (Å²) in [5.74, 6) is -1.77. The maximum atomic E-state index is 13.4. The lowest BCUT2D eigenvalue weighted by atomic mass is 10.0. The van der Waals surface area contributed by atoms with Crippen molar-refractivity contribution in [1.82, 2.24) is 24.4 Å². The number of carbonyl (C=O) groups is 1. The number of amides is 2. The predicted octanol–water partition coefficient (Wildman–Crippen LogP) is 3.30. The van der Waals surface area contributed by atoms with Gasteiger partial charge in [-0.15, -0.1) is 0 Å². The molecule has 0 spiro atoms. The van der Waals surface area contributed by atoms with Gasteiger partial charge in [0.15, 0.2) is 11.3 Å². The number of carbonyl (C=O) groups excluding carboxylic acids is 1. The molecule has 0 radical (unpaired) electrons. The molecular weight excluding hydrogens is 401 g/mol. The van der Waals surface area contributed by atoms with E-state index in [1.807, 2.05) is 6.07 Å². The second-order valence-corrected chi connectivity index (χ2v) is 6.18. The van der Waals surface area contributed by atoms with Crippen LogP contribution < -0.4 is 10.6 Å². The average molecular weight is 413 g/mol. The molecule has 13 heteroatoms. The Balaban J connectivity index is 1.97. The summed E-state index contributed by atoms with van der Waals surface area (Å²) in [5.41, 5.74) is -0.522. The van der Waals surface area contributed by atoms with E-state index in [0.29, 0.717) is 0 Å². The summed E-state index contributed by atoms with van der Waals surface area (Å²) < 4.78 is 42.4. The van der Waals surface area contributed by atoms with Gasteiger partial charge in [-0.25, -0.2) is 14.3 Å². The van der Waals surface area contributed by atoms with Crippen molar-refractivity contribution >= 4 is 34.8 Å². The maximum absolute atomic E-state index is 13.4. The van der Waals surface area contributed by atoms with Gasteiger partial charge in [0.1, 0.15) is 17.0 Å². The van der Waals surface area contributed by atoms with Crippen molar-refractivity contribution in [1.29, 1.82) is 5.26 Å². The highest BCUT2D eigenvalue weighted by Crippen LogP contribution is 2.39. The Labute approximate surface area is 160 Å². The molecule has 0 saturated heterocycles. The molecule has 0 aliphatic heterocycles. The number of anilines is 2. The molecule has 0 saturated carbocycles. The smallest absolute Gasteiger partial charge is 0.306 e. The van der Waals surface area contributed by atoms with Crippen LogP contribution in [0.3, 0.4) is 0 Å². The van der Waals surface area contributed by atoms with E-state index in [2.05, 4.69) is 25.8 Å². The molecule has 9 nitrogen and oxygen atoms in total. The minimum absolute atomic E-state index is 0.0383. The van der Waals surface area contributed by atoms with Gasteiger partial charge in [0.25, 0.3) is 0 Å². The summed E-state index contributed by atoms with van der Waals surface area (Å²) in [4.78, 5) is 16.2. The molecule has 0 fully saturated rings. The van der Waals surface area contributed by atoms with Gasteiger partial charge < -0.3 is 5.32 Å². The summed E-state index contributed by atoms with van der Waals surface area (Å²) >= 11 is 5.78. The lowest BCUT2D eigenvalue weighted by Gasteiger charge is -2.20. The number of nitrogens with one attached hydrogen (secondary N) is 2. The number of urea groups is 1. The fourth-order valence-corrected chi connectivity index (χ4v) is 2.70. The van der Waals surface area contributed by atoms with Crippen LogP contribution in [0.5, 0.6) is 0 Å². The first-order valence-electron chi connectivity index (χ1n) is 7.72. The van der Waals surface area contributed by atoms with Crippen molar-refractivity contribution in [3.05, 3.63) is 34.9 Å². The number of fused-ring (bicyclic) bond motifs is 1. The van der Waals surface area contributed by atoms with Crippen molar-refractivity contribution in [3.63, 3.8) is 0 Å². The third-order valence-corrected chi connectivity index (χ3v) is 4.09. The predicted molar refractivity (Wildman–Crippen MR) is 93.0 cm³/mol. The number of aryl methyl sites for hydroxylation is 1. The van der Waals surface area contributed by atoms with E-state index in [9.17, 15) is 18.0 Å². The number of aromatic nitrogens is 5. The number of nitrogens with zero attached hydrogens (tertiary/aromatic N) is 6. The monoisotopic (exact) mass is 412 g/mol. The molecule has 146 valence electrons. The molecule has 3 heterocycles. The molecular formula is C15H12ClF3N8O. The highest BCUT2D eigenvalue weighted by Gasteiger charge is 2.40. The molecule has 2 amide bonds. The molecule has 3 aromatic heterocycles. The third-order valence-electron chi connectivity index (χ3n) is 3.91.